The molecule has 0 fully saturated rings. The lowest BCUT2D eigenvalue weighted by atomic mass is 10.0. The average molecular weight is 278 g/mol. The number of anilines is 2. The SMILES string of the molecule is CCNc1cc(N(C)C(C)CC(C)C)nc(C(C)C)n1. The lowest BCUT2D eigenvalue weighted by Gasteiger charge is -2.28. The van der Waals surface area contributed by atoms with Gasteiger partial charge in [0.1, 0.15) is 17.5 Å². The van der Waals surface area contributed by atoms with Crippen LogP contribution in [0.5, 0.6) is 0 Å². The van der Waals surface area contributed by atoms with Gasteiger partial charge in [0.2, 0.25) is 0 Å². The molecule has 0 aliphatic heterocycles. The van der Waals surface area contributed by atoms with Gasteiger partial charge in [0.25, 0.3) is 0 Å². The van der Waals surface area contributed by atoms with Gasteiger partial charge in [-0.2, -0.15) is 0 Å². The van der Waals surface area contributed by atoms with Crippen LogP contribution < -0.4 is 10.2 Å². The number of hydrogen-bond acceptors (Lipinski definition) is 4. The first-order valence-electron chi connectivity index (χ1n) is 7.70. The van der Waals surface area contributed by atoms with Gasteiger partial charge in [-0.3, -0.25) is 0 Å². The fourth-order valence-corrected chi connectivity index (χ4v) is 2.23. The molecule has 1 aromatic heterocycles. The lowest BCUT2D eigenvalue weighted by Crippen LogP contribution is -2.31. The molecule has 0 spiro atoms. The van der Waals surface area contributed by atoms with E-state index < -0.39 is 0 Å². The van der Waals surface area contributed by atoms with Gasteiger partial charge in [0.15, 0.2) is 0 Å². The Labute approximate surface area is 124 Å². The van der Waals surface area contributed by atoms with Gasteiger partial charge in [-0.05, 0) is 26.2 Å². The second-order valence-electron chi connectivity index (χ2n) is 6.24. The minimum Gasteiger partial charge on any atom is -0.370 e. The third-order valence-electron chi connectivity index (χ3n) is 3.44. The first-order chi connectivity index (χ1) is 9.35. The highest BCUT2D eigenvalue weighted by molar-refractivity contribution is 5.49. The fourth-order valence-electron chi connectivity index (χ4n) is 2.23. The van der Waals surface area contributed by atoms with E-state index in [1.54, 1.807) is 0 Å². The Morgan fingerprint density at radius 2 is 1.80 bits per heavy atom. The lowest BCUT2D eigenvalue weighted by molar-refractivity contribution is 0.501. The van der Waals surface area contributed by atoms with Gasteiger partial charge in [0.05, 0.1) is 0 Å². The van der Waals surface area contributed by atoms with Crippen LogP contribution in [0.3, 0.4) is 0 Å². The molecule has 1 aromatic rings. The van der Waals surface area contributed by atoms with Crippen molar-refractivity contribution in [2.75, 3.05) is 23.8 Å². The Hall–Kier alpha value is -1.32. The summed E-state index contributed by atoms with van der Waals surface area (Å²) in [7, 11) is 2.12. The number of hydrogen-bond donors (Lipinski definition) is 1. The summed E-state index contributed by atoms with van der Waals surface area (Å²) < 4.78 is 0. The van der Waals surface area contributed by atoms with E-state index in [1.165, 1.54) is 0 Å². The third-order valence-corrected chi connectivity index (χ3v) is 3.44. The van der Waals surface area contributed by atoms with Gasteiger partial charge in [-0.25, -0.2) is 9.97 Å². The highest BCUT2D eigenvalue weighted by Crippen LogP contribution is 2.22. The number of aromatic nitrogens is 2. The highest BCUT2D eigenvalue weighted by Gasteiger charge is 2.16. The standard InChI is InChI=1S/C16H30N4/c1-8-17-14-10-15(19-16(18-14)12(4)5)20(7)13(6)9-11(2)3/h10-13H,8-9H2,1-7H3,(H,17,18,19). The maximum absolute atomic E-state index is 4.72. The maximum atomic E-state index is 4.72. The van der Waals surface area contributed by atoms with Gasteiger partial charge >= 0.3 is 0 Å². The van der Waals surface area contributed by atoms with E-state index >= 15 is 0 Å². The molecule has 4 nitrogen and oxygen atoms in total. The largest absolute Gasteiger partial charge is 0.370 e. The van der Waals surface area contributed by atoms with Crippen molar-refractivity contribution in [3.63, 3.8) is 0 Å². The molecule has 0 saturated heterocycles. The average Bonchev–Trinajstić information content (AvgIpc) is 2.37. The Bertz CT molecular complexity index is 415. The van der Waals surface area contributed by atoms with E-state index in [0.29, 0.717) is 17.9 Å². The van der Waals surface area contributed by atoms with Gasteiger partial charge in [-0.15, -0.1) is 0 Å². The van der Waals surface area contributed by atoms with Crippen LogP contribution in [0.25, 0.3) is 0 Å². The van der Waals surface area contributed by atoms with Crippen molar-refractivity contribution in [2.45, 2.75) is 59.9 Å². The Morgan fingerprint density at radius 1 is 1.15 bits per heavy atom. The zero-order valence-electron chi connectivity index (χ0n) is 14.1. The smallest absolute Gasteiger partial charge is 0.135 e. The van der Waals surface area contributed by atoms with Crippen LogP contribution in [0.15, 0.2) is 6.07 Å². The summed E-state index contributed by atoms with van der Waals surface area (Å²) in [6, 6.07) is 2.52. The summed E-state index contributed by atoms with van der Waals surface area (Å²) in [6.07, 6.45) is 1.16. The third kappa shape index (κ3) is 4.66. The van der Waals surface area contributed by atoms with Gasteiger partial charge in [0, 0.05) is 31.6 Å². The normalized spacial score (nSPS) is 12.8. The molecule has 0 aromatic carbocycles. The molecule has 1 heterocycles. The van der Waals surface area contributed by atoms with Gasteiger partial charge in [-0.1, -0.05) is 27.7 Å². The molecule has 1 unspecified atom stereocenters. The molecule has 20 heavy (non-hydrogen) atoms. The predicted molar refractivity (Wildman–Crippen MR) is 87.6 cm³/mol. The first kappa shape index (κ1) is 16.7. The molecule has 0 bridgehead atoms. The quantitative estimate of drug-likeness (QED) is 0.821. The molecule has 0 radical (unpaired) electrons. The summed E-state index contributed by atoms with van der Waals surface area (Å²) in [5.41, 5.74) is 0. The molecule has 0 aliphatic rings. The second kappa shape index (κ2) is 7.46. The molecule has 0 aliphatic carbocycles. The van der Waals surface area contributed by atoms with Crippen molar-refractivity contribution >= 4 is 11.6 Å². The van der Waals surface area contributed by atoms with Crippen LogP contribution in [0.2, 0.25) is 0 Å². The van der Waals surface area contributed by atoms with Crippen molar-refractivity contribution in [1.82, 2.24) is 9.97 Å². The van der Waals surface area contributed by atoms with E-state index in [1.807, 2.05) is 6.07 Å². The predicted octanol–water partition coefficient (Wildman–Crippen LogP) is 3.90. The molecular formula is C16H30N4. The molecule has 4 heteroatoms. The van der Waals surface area contributed by atoms with Crippen LogP contribution in [-0.4, -0.2) is 29.6 Å². The van der Waals surface area contributed by atoms with Crippen molar-refractivity contribution in [2.24, 2.45) is 5.92 Å². The Morgan fingerprint density at radius 3 is 2.30 bits per heavy atom. The molecule has 1 N–H and O–H groups in total. The van der Waals surface area contributed by atoms with Crippen LogP contribution in [0.4, 0.5) is 11.6 Å². The minimum atomic E-state index is 0.334. The minimum absolute atomic E-state index is 0.334. The van der Waals surface area contributed by atoms with Crippen molar-refractivity contribution in [1.29, 1.82) is 0 Å². The molecule has 1 rings (SSSR count). The molecule has 114 valence electrons. The summed E-state index contributed by atoms with van der Waals surface area (Å²) in [5.74, 6) is 3.85. The highest BCUT2D eigenvalue weighted by atomic mass is 15.2. The topological polar surface area (TPSA) is 41.0 Å². The number of nitrogens with zero attached hydrogens (tertiary/aromatic N) is 3. The molecule has 0 saturated carbocycles. The number of nitrogens with one attached hydrogen (secondary N) is 1. The summed E-state index contributed by atoms with van der Waals surface area (Å²) >= 11 is 0. The van der Waals surface area contributed by atoms with Crippen molar-refractivity contribution < 1.29 is 0 Å². The fraction of sp³-hybridized carbons (Fsp3) is 0.750. The molecule has 1 atom stereocenters. The zero-order chi connectivity index (χ0) is 15.3. The van der Waals surface area contributed by atoms with E-state index in [9.17, 15) is 0 Å². The van der Waals surface area contributed by atoms with Crippen LogP contribution in [-0.2, 0) is 0 Å². The van der Waals surface area contributed by atoms with E-state index in [0.717, 1.165) is 30.4 Å². The van der Waals surface area contributed by atoms with Crippen LogP contribution in [0, 0.1) is 5.92 Å². The van der Waals surface area contributed by atoms with Gasteiger partial charge < -0.3 is 10.2 Å². The van der Waals surface area contributed by atoms with Crippen LogP contribution in [0.1, 0.15) is 59.7 Å². The maximum Gasteiger partial charge on any atom is 0.135 e. The van der Waals surface area contributed by atoms with E-state index in [-0.39, 0.29) is 0 Å². The van der Waals surface area contributed by atoms with Crippen LogP contribution >= 0.6 is 0 Å². The Kier molecular flexibility index (Phi) is 6.24. The first-order valence-corrected chi connectivity index (χ1v) is 7.70. The van der Waals surface area contributed by atoms with E-state index in [4.69, 9.17) is 4.98 Å². The van der Waals surface area contributed by atoms with Crippen molar-refractivity contribution in [3.8, 4) is 0 Å². The molecule has 0 amide bonds. The second-order valence-corrected chi connectivity index (χ2v) is 6.24. The molecular weight excluding hydrogens is 248 g/mol. The zero-order valence-corrected chi connectivity index (χ0v) is 14.1. The van der Waals surface area contributed by atoms with Crippen molar-refractivity contribution in [3.05, 3.63) is 11.9 Å². The Balaban J connectivity index is 3.02. The summed E-state index contributed by atoms with van der Waals surface area (Å²) in [4.78, 5) is 11.6. The van der Waals surface area contributed by atoms with E-state index in [2.05, 4.69) is 63.8 Å². The summed E-state index contributed by atoms with van der Waals surface area (Å²) in [6.45, 7) is 14.0. The monoisotopic (exact) mass is 278 g/mol. The number of rotatable bonds is 7. The summed E-state index contributed by atoms with van der Waals surface area (Å²) in [5, 5.41) is 3.30.